The van der Waals surface area contributed by atoms with Crippen LogP contribution in [0.4, 0.5) is 5.82 Å². The molecule has 0 aliphatic heterocycles. The van der Waals surface area contributed by atoms with Crippen LogP contribution in [-0.4, -0.2) is 38.7 Å². The monoisotopic (exact) mass is 342 g/mol. The molecular formula is C16H18N6OS. The highest BCUT2D eigenvalue weighted by molar-refractivity contribution is 7.12. The third-order valence-electron chi connectivity index (χ3n) is 3.34. The number of rotatable bonds is 6. The number of hydrogen-bond acceptors (Lipinski definition) is 6. The fraction of sp³-hybridized carbons (Fsp3) is 0.250. The molecule has 0 radical (unpaired) electrons. The minimum atomic E-state index is -0.0576. The van der Waals surface area contributed by atoms with E-state index in [0.29, 0.717) is 29.6 Å². The number of nitrogens with zero attached hydrogens (tertiary/aromatic N) is 4. The Labute approximate surface area is 143 Å². The highest BCUT2D eigenvalue weighted by Crippen LogP contribution is 2.12. The molecule has 0 fully saturated rings. The van der Waals surface area contributed by atoms with E-state index in [2.05, 4.69) is 25.7 Å². The zero-order chi connectivity index (χ0) is 16.9. The van der Waals surface area contributed by atoms with E-state index in [9.17, 15) is 4.79 Å². The minimum Gasteiger partial charge on any atom is -0.368 e. The van der Waals surface area contributed by atoms with Crippen LogP contribution in [0.5, 0.6) is 0 Å². The first kappa shape index (κ1) is 16.1. The first-order valence-corrected chi connectivity index (χ1v) is 8.43. The number of amides is 1. The molecule has 7 nitrogen and oxygen atoms in total. The molecule has 3 aromatic rings. The molecule has 0 saturated heterocycles. The number of carbonyl (C=O) groups excluding carboxylic acids is 1. The van der Waals surface area contributed by atoms with Crippen molar-refractivity contribution in [2.45, 2.75) is 13.8 Å². The largest absolute Gasteiger partial charge is 0.368 e. The van der Waals surface area contributed by atoms with Crippen LogP contribution in [0.15, 0.2) is 36.0 Å². The second-order valence-electron chi connectivity index (χ2n) is 5.26. The highest BCUT2D eigenvalue weighted by Gasteiger charge is 2.07. The van der Waals surface area contributed by atoms with Gasteiger partial charge in [-0.3, -0.25) is 4.79 Å². The number of anilines is 1. The molecule has 124 valence electrons. The second-order valence-corrected chi connectivity index (χ2v) is 6.21. The van der Waals surface area contributed by atoms with Gasteiger partial charge in [0.1, 0.15) is 12.1 Å². The lowest BCUT2D eigenvalue weighted by molar-refractivity contribution is 0.0959. The Morgan fingerprint density at radius 3 is 2.83 bits per heavy atom. The van der Waals surface area contributed by atoms with Gasteiger partial charge in [0.25, 0.3) is 5.91 Å². The van der Waals surface area contributed by atoms with E-state index < -0.39 is 0 Å². The quantitative estimate of drug-likeness (QED) is 0.671. The van der Waals surface area contributed by atoms with Crippen molar-refractivity contribution in [3.63, 3.8) is 0 Å². The predicted octanol–water partition coefficient (Wildman–Crippen LogP) is 2.18. The fourth-order valence-corrected chi connectivity index (χ4v) is 2.92. The van der Waals surface area contributed by atoms with E-state index in [0.717, 1.165) is 11.4 Å². The van der Waals surface area contributed by atoms with Crippen molar-refractivity contribution in [3.8, 4) is 5.82 Å². The zero-order valence-corrected chi connectivity index (χ0v) is 14.3. The average Bonchev–Trinajstić information content (AvgIpc) is 3.21. The summed E-state index contributed by atoms with van der Waals surface area (Å²) >= 11 is 1.43. The van der Waals surface area contributed by atoms with Gasteiger partial charge in [0.05, 0.1) is 10.6 Å². The molecule has 3 aromatic heterocycles. The summed E-state index contributed by atoms with van der Waals surface area (Å²) in [6, 6.07) is 7.49. The highest BCUT2D eigenvalue weighted by atomic mass is 32.1. The van der Waals surface area contributed by atoms with E-state index >= 15 is 0 Å². The van der Waals surface area contributed by atoms with Crippen molar-refractivity contribution >= 4 is 23.1 Å². The molecule has 0 aliphatic rings. The minimum absolute atomic E-state index is 0.0576. The van der Waals surface area contributed by atoms with Gasteiger partial charge in [0, 0.05) is 24.8 Å². The number of thiophene rings is 1. The summed E-state index contributed by atoms with van der Waals surface area (Å²) < 4.78 is 1.78. The predicted molar refractivity (Wildman–Crippen MR) is 93.8 cm³/mol. The summed E-state index contributed by atoms with van der Waals surface area (Å²) in [6.07, 6.45) is 1.50. The van der Waals surface area contributed by atoms with E-state index in [1.54, 1.807) is 10.7 Å². The molecule has 8 heteroatoms. The van der Waals surface area contributed by atoms with Crippen LogP contribution >= 0.6 is 11.3 Å². The molecule has 0 spiro atoms. The van der Waals surface area contributed by atoms with Gasteiger partial charge in [0.15, 0.2) is 5.82 Å². The maximum Gasteiger partial charge on any atom is 0.261 e. The van der Waals surface area contributed by atoms with Crippen LogP contribution in [0.1, 0.15) is 21.1 Å². The molecule has 1 amide bonds. The summed E-state index contributed by atoms with van der Waals surface area (Å²) in [5.74, 6) is 1.34. The van der Waals surface area contributed by atoms with Gasteiger partial charge in [-0.05, 0) is 31.4 Å². The maximum atomic E-state index is 11.8. The van der Waals surface area contributed by atoms with Gasteiger partial charge in [0.2, 0.25) is 0 Å². The van der Waals surface area contributed by atoms with Crippen molar-refractivity contribution in [1.82, 2.24) is 25.1 Å². The lowest BCUT2D eigenvalue weighted by Crippen LogP contribution is -2.28. The van der Waals surface area contributed by atoms with Crippen LogP contribution in [0, 0.1) is 13.8 Å². The van der Waals surface area contributed by atoms with Crippen molar-refractivity contribution in [1.29, 1.82) is 0 Å². The SMILES string of the molecule is Cc1cc(C)n(-c2cc(NCCNC(=O)c3cccs3)ncn2)n1. The van der Waals surface area contributed by atoms with Crippen molar-refractivity contribution < 1.29 is 4.79 Å². The Morgan fingerprint density at radius 1 is 1.25 bits per heavy atom. The molecule has 0 unspecified atom stereocenters. The van der Waals surface area contributed by atoms with Crippen molar-refractivity contribution in [2.24, 2.45) is 0 Å². The molecule has 24 heavy (non-hydrogen) atoms. The molecule has 0 saturated carbocycles. The second kappa shape index (κ2) is 7.22. The van der Waals surface area contributed by atoms with Gasteiger partial charge >= 0.3 is 0 Å². The number of nitrogens with one attached hydrogen (secondary N) is 2. The molecule has 2 N–H and O–H groups in total. The summed E-state index contributed by atoms with van der Waals surface area (Å²) in [7, 11) is 0. The van der Waals surface area contributed by atoms with Crippen LogP contribution < -0.4 is 10.6 Å². The Bertz CT molecular complexity index is 827. The normalized spacial score (nSPS) is 10.6. The van der Waals surface area contributed by atoms with Gasteiger partial charge in [-0.2, -0.15) is 5.10 Å². The molecule has 0 aliphatic carbocycles. The van der Waals surface area contributed by atoms with Crippen LogP contribution in [0.2, 0.25) is 0 Å². The molecular weight excluding hydrogens is 324 g/mol. The third-order valence-corrected chi connectivity index (χ3v) is 4.21. The molecule has 0 atom stereocenters. The van der Waals surface area contributed by atoms with Crippen LogP contribution in [-0.2, 0) is 0 Å². The average molecular weight is 342 g/mol. The number of hydrogen-bond donors (Lipinski definition) is 2. The fourth-order valence-electron chi connectivity index (χ4n) is 2.28. The molecule has 0 aromatic carbocycles. The van der Waals surface area contributed by atoms with E-state index in [1.807, 2.05) is 37.4 Å². The Balaban J connectivity index is 1.55. The molecule has 0 bridgehead atoms. The standard InChI is InChI=1S/C16H18N6OS/c1-11-8-12(2)22(21-11)15-9-14(19-10-20-15)17-5-6-18-16(23)13-4-3-7-24-13/h3-4,7-10H,5-6H2,1-2H3,(H,18,23)(H,17,19,20). The Kier molecular flexibility index (Phi) is 4.85. The van der Waals surface area contributed by atoms with Crippen molar-refractivity contribution in [2.75, 3.05) is 18.4 Å². The Morgan fingerprint density at radius 2 is 2.12 bits per heavy atom. The summed E-state index contributed by atoms with van der Waals surface area (Å²) in [6.45, 7) is 5.01. The lowest BCUT2D eigenvalue weighted by Gasteiger charge is -2.08. The summed E-state index contributed by atoms with van der Waals surface area (Å²) in [5.41, 5.74) is 1.96. The topological polar surface area (TPSA) is 84.7 Å². The van der Waals surface area contributed by atoms with E-state index in [1.165, 1.54) is 17.7 Å². The number of carbonyl (C=O) groups is 1. The van der Waals surface area contributed by atoms with Crippen LogP contribution in [0.25, 0.3) is 5.82 Å². The van der Waals surface area contributed by atoms with E-state index in [-0.39, 0.29) is 5.91 Å². The first-order valence-electron chi connectivity index (χ1n) is 7.55. The van der Waals surface area contributed by atoms with E-state index in [4.69, 9.17) is 0 Å². The van der Waals surface area contributed by atoms with Gasteiger partial charge in [-0.25, -0.2) is 14.6 Å². The summed E-state index contributed by atoms with van der Waals surface area (Å²) in [4.78, 5) is 21.0. The summed E-state index contributed by atoms with van der Waals surface area (Å²) in [5, 5.41) is 12.3. The lowest BCUT2D eigenvalue weighted by atomic mass is 10.4. The number of aromatic nitrogens is 4. The third kappa shape index (κ3) is 3.77. The zero-order valence-electron chi connectivity index (χ0n) is 13.5. The Hall–Kier alpha value is -2.74. The van der Waals surface area contributed by atoms with Gasteiger partial charge in [-0.1, -0.05) is 6.07 Å². The molecule has 3 heterocycles. The smallest absolute Gasteiger partial charge is 0.261 e. The first-order chi connectivity index (χ1) is 11.6. The van der Waals surface area contributed by atoms with Gasteiger partial charge in [-0.15, -0.1) is 11.3 Å². The maximum absolute atomic E-state index is 11.8. The molecule has 3 rings (SSSR count). The van der Waals surface area contributed by atoms with Crippen LogP contribution in [0.3, 0.4) is 0 Å². The van der Waals surface area contributed by atoms with Gasteiger partial charge < -0.3 is 10.6 Å². The number of aryl methyl sites for hydroxylation is 2. The van der Waals surface area contributed by atoms with Crippen molar-refractivity contribution in [3.05, 3.63) is 52.2 Å².